The number of anilines is 11. The van der Waals surface area contributed by atoms with E-state index in [1.807, 2.05) is 18.2 Å². The third-order valence-corrected chi connectivity index (χ3v) is 14.5. The second-order valence-corrected chi connectivity index (χ2v) is 19.0. The van der Waals surface area contributed by atoms with E-state index in [0.717, 1.165) is 79.4 Å². The summed E-state index contributed by atoms with van der Waals surface area (Å²) in [7, 11) is 0. The van der Waals surface area contributed by atoms with Gasteiger partial charge in [0.15, 0.2) is 0 Å². The Morgan fingerprint density at radius 3 is 0.870 bits per heavy atom. The van der Waals surface area contributed by atoms with Gasteiger partial charge in [-0.1, -0.05) is 195 Å². The minimum Gasteiger partial charge on any atom is -0.310 e. The van der Waals surface area contributed by atoms with Crippen LogP contribution in [0.3, 0.4) is 0 Å². The SMILES string of the molecule is C=C/C=C(\C=C)N(c1ccccc1)c1cc(N(c2ccccc2)c2ccccc2)cc(C2(c3cc(N(c4ccccc4)c4ccccc4)cc(N(c4ccccc4)c4ccccc4)c3)c3ccccc3-c3ccccc32)c1. The van der Waals surface area contributed by atoms with E-state index in [-0.39, 0.29) is 0 Å². The molecule has 0 amide bonds. The van der Waals surface area contributed by atoms with Crippen LogP contribution in [0.4, 0.5) is 62.6 Å². The van der Waals surface area contributed by atoms with Gasteiger partial charge < -0.3 is 19.6 Å². The summed E-state index contributed by atoms with van der Waals surface area (Å²) in [6, 6.07) is 107. The van der Waals surface area contributed by atoms with Crippen LogP contribution in [0.15, 0.2) is 334 Å². The molecule has 1 aliphatic rings. The summed E-state index contributed by atoms with van der Waals surface area (Å²) >= 11 is 0. The van der Waals surface area contributed by atoms with Gasteiger partial charge in [-0.05, 0) is 167 Å². The van der Waals surface area contributed by atoms with Crippen LogP contribution in [-0.4, -0.2) is 0 Å². The summed E-state index contributed by atoms with van der Waals surface area (Å²) in [5.41, 5.74) is 18.1. The van der Waals surface area contributed by atoms with E-state index in [0.29, 0.717) is 0 Å². The Morgan fingerprint density at radius 1 is 0.286 bits per heavy atom. The van der Waals surface area contributed by atoms with Crippen LogP contribution >= 0.6 is 0 Å². The fourth-order valence-electron chi connectivity index (χ4n) is 11.3. The number of hydrogen-bond acceptors (Lipinski definition) is 4. The predicted octanol–water partition coefficient (Wildman–Crippen LogP) is 19.9. The fraction of sp³-hybridized carbons (Fsp3) is 0.0137. The maximum absolute atomic E-state index is 4.40. The topological polar surface area (TPSA) is 13.0 Å². The van der Waals surface area contributed by atoms with Crippen molar-refractivity contribution in [1.29, 1.82) is 0 Å². The molecule has 0 aliphatic heterocycles. The largest absolute Gasteiger partial charge is 0.310 e. The van der Waals surface area contributed by atoms with Crippen LogP contribution in [0.25, 0.3) is 11.1 Å². The smallest absolute Gasteiger partial charge is 0.0716 e. The predicted molar refractivity (Wildman–Crippen MR) is 325 cm³/mol. The molecular formula is C73H56N4. The quantitative estimate of drug-likeness (QED) is 0.0895. The third kappa shape index (κ3) is 8.98. The lowest BCUT2D eigenvalue weighted by Gasteiger charge is -2.38. The van der Waals surface area contributed by atoms with E-state index >= 15 is 0 Å². The number of nitrogens with zero attached hydrogens (tertiary/aromatic N) is 4. The molecule has 77 heavy (non-hydrogen) atoms. The fourth-order valence-corrected chi connectivity index (χ4v) is 11.3. The van der Waals surface area contributed by atoms with Gasteiger partial charge in [-0.3, -0.25) is 0 Å². The van der Waals surface area contributed by atoms with Crippen molar-refractivity contribution < 1.29 is 0 Å². The van der Waals surface area contributed by atoms with Crippen molar-refractivity contribution in [3.63, 3.8) is 0 Å². The van der Waals surface area contributed by atoms with Crippen LogP contribution in [0.2, 0.25) is 0 Å². The number of benzene rings is 11. The molecule has 11 aromatic rings. The highest BCUT2D eigenvalue weighted by Gasteiger charge is 2.47. The van der Waals surface area contributed by atoms with Gasteiger partial charge in [0.05, 0.1) is 5.41 Å². The Hall–Kier alpha value is -10.2. The van der Waals surface area contributed by atoms with Crippen molar-refractivity contribution >= 4 is 62.6 Å². The molecule has 4 nitrogen and oxygen atoms in total. The van der Waals surface area contributed by atoms with Gasteiger partial charge in [-0.15, -0.1) is 0 Å². The number of rotatable bonds is 16. The standard InChI is InChI=1S/C73H56N4/c1-3-30-57(4-2)74(58-31-12-5-13-32-58)65-49-55(50-66(53-65)75(59-33-14-6-15-34-59)60-35-16-7-17-36-60)73(71-47-28-26-45-69(71)70-46-27-29-48-72(70)73)56-51-67(76(61-37-18-8-19-38-61)62-39-20-9-21-40-62)54-68(52-56)77(63-41-22-10-23-42-63)64-43-24-11-25-44-64/h3-54H,1-2H2/b57-30+. The second-order valence-electron chi connectivity index (χ2n) is 19.0. The zero-order chi connectivity index (χ0) is 52.0. The van der Waals surface area contributed by atoms with E-state index in [9.17, 15) is 0 Å². The molecule has 0 aromatic heterocycles. The van der Waals surface area contributed by atoms with E-state index in [2.05, 4.69) is 330 Å². The molecule has 0 radical (unpaired) electrons. The van der Waals surface area contributed by atoms with E-state index < -0.39 is 5.41 Å². The van der Waals surface area contributed by atoms with Crippen LogP contribution in [-0.2, 0) is 5.41 Å². The first kappa shape index (κ1) is 47.8. The number of fused-ring (bicyclic) bond motifs is 3. The summed E-state index contributed by atoms with van der Waals surface area (Å²) < 4.78 is 0. The molecule has 11 aromatic carbocycles. The van der Waals surface area contributed by atoms with Gasteiger partial charge >= 0.3 is 0 Å². The third-order valence-electron chi connectivity index (χ3n) is 14.5. The summed E-state index contributed by atoms with van der Waals surface area (Å²) in [4.78, 5) is 9.47. The Kier molecular flexibility index (Phi) is 13.3. The molecule has 0 N–H and O–H groups in total. The Bertz CT molecular complexity index is 3580. The van der Waals surface area contributed by atoms with Crippen molar-refractivity contribution in [3.05, 3.63) is 357 Å². The Labute approximate surface area is 453 Å². The minimum atomic E-state index is -0.918. The highest BCUT2D eigenvalue weighted by molar-refractivity contribution is 5.92. The van der Waals surface area contributed by atoms with Gasteiger partial charge in [-0.25, -0.2) is 0 Å². The van der Waals surface area contributed by atoms with Crippen LogP contribution in [0, 0.1) is 0 Å². The van der Waals surface area contributed by atoms with E-state index in [4.69, 9.17) is 0 Å². The van der Waals surface area contributed by atoms with Crippen molar-refractivity contribution in [2.24, 2.45) is 0 Å². The van der Waals surface area contributed by atoms with Crippen LogP contribution in [0.5, 0.6) is 0 Å². The zero-order valence-corrected chi connectivity index (χ0v) is 42.7. The molecule has 0 heterocycles. The van der Waals surface area contributed by atoms with Gasteiger partial charge in [-0.2, -0.15) is 0 Å². The first-order valence-corrected chi connectivity index (χ1v) is 26.2. The molecule has 368 valence electrons. The molecular weight excluding hydrogens is 933 g/mol. The molecule has 0 bridgehead atoms. The minimum absolute atomic E-state index is 0.883. The number of allylic oxidation sites excluding steroid dienone is 3. The molecule has 0 atom stereocenters. The number of hydrogen-bond donors (Lipinski definition) is 0. The molecule has 4 heteroatoms. The molecule has 1 aliphatic carbocycles. The zero-order valence-electron chi connectivity index (χ0n) is 42.7. The van der Waals surface area contributed by atoms with Gasteiger partial charge in [0.2, 0.25) is 0 Å². The monoisotopic (exact) mass is 988 g/mol. The molecule has 0 saturated heterocycles. The van der Waals surface area contributed by atoms with Gasteiger partial charge in [0, 0.05) is 68.3 Å². The molecule has 0 unspecified atom stereocenters. The maximum atomic E-state index is 4.40. The first-order valence-electron chi connectivity index (χ1n) is 26.2. The average Bonchev–Trinajstić information content (AvgIpc) is 4.00. The summed E-state index contributed by atoms with van der Waals surface area (Å²) in [6.07, 6.45) is 5.79. The highest BCUT2D eigenvalue weighted by atomic mass is 15.2. The van der Waals surface area contributed by atoms with Crippen molar-refractivity contribution in [2.75, 3.05) is 19.6 Å². The number of para-hydroxylation sites is 7. The lowest BCUT2D eigenvalue weighted by Crippen LogP contribution is -2.30. The molecule has 0 spiro atoms. The summed E-state index contributed by atoms with van der Waals surface area (Å²) in [5, 5.41) is 0. The lowest BCUT2D eigenvalue weighted by atomic mass is 9.67. The van der Waals surface area contributed by atoms with Gasteiger partial charge in [0.25, 0.3) is 0 Å². The van der Waals surface area contributed by atoms with Crippen LogP contribution in [0.1, 0.15) is 22.3 Å². The summed E-state index contributed by atoms with van der Waals surface area (Å²) in [6.45, 7) is 8.59. The molecule has 12 rings (SSSR count). The van der Waals surface area contributed by atoms with Gasteiger partial charge in [0.1, 0.15) is 0 Å². The maximum Gasteiger partial charge on any atom is 0.0716 e. The van der Waals surface area contributed by atoms with E-state index in [1.165, 1.54) is 22.3 Å². The molecule has 0 saturated carbocycles. The van der Waals surface area contributed by atoms with E-state index in [1.54, 1.807) is 0 Å². The van der Waals surface area contributed by atoms with Crippen LogP contribution < -0.4 is 19.6 Å². The van der Waals surface area contributed by atoms with Crippen molar-refractivity contribution in [2.45, 2.75) is 5.41 Å². The first-order chi connectivity index (χ1) is 38.1. The summed E-state index contributed by atoms with van der Waals surface area (Å²) in [5.74, 6) is 0. The molecule has 0 fully saturated rings. The van der Waals surface area contributed by atoms with Crippen molar-refractivity contribution in [3.8, 4) is 11.1 Å². The second kappa shape index (κ2) is 21.4. The lowest BCUT2D eigenvalue weighted by molar-refractivity contribution is 0.768. The van der Waals surface area contributed by atoms with Crippen molar-refractivity contribution in [1.82, 2.24) is 0 Å². The Balaban J connectivity index is 1.26. The normalized spacial score (nSPS) is 12.2. The Morgan fingerprint density at radius 2 is 0.558 bits per heavy atom. The highest BCUT2D eigenvalue weighted by Crippen LogP contribution is 2.59. The average molecular weight is 989 g/mol.